The van der Waals surface area contributed by atoms with Gasteiger partial charge in [-0.25, -0.2) is 0 Å². The van der Waals surface area contributed by atoms with E-state index in [-0.39, 0.29) is 41.9 Å². The number of benzene rings is 1. The summed E-state index contributed by atoms with van der Waals surface area (Å²) in [7, 11) is 3.57. The smallest absolute Gasteiger partial charge is 0.307 e. The summed E-state index contributed by atoms with van der Waals surface area (Å²) in [5.74, 6) is -7.83. The maximum atomic E-state index is 13.7. The molecule has 0 radical (unpaired) electrons. The quantitative estimate of drug-likeness (QED) is 0.404. The SMILES string of the molecule is CC(=O)OC1=C(C(N)=O)C(=O)[C@@]2(OC(C)=O)C(O)=C3C(=O)c4c(O)ccc(N(C)C)c4C[C@H]3C[C@H]2C1. The van der Waals surface area contributed by atoms with Gasteiger partial charge in [-0.2, -0.15) is 0 Å². The van der Waals surface area contributed by atoms with E-state index in [1.54, 1.807) is 25.1 Å². The largest absolute Gasteiger partial charge is 0.507 e. The fourth-order valence-electron chi connectivity index (χ4n) is 5.66. The number of anilines is 1. The predicted octanol–water partition coefficient (Wildman–Crippen LogP) is 1.22. The Morgan fingerprint density at radius 3 is 2.31 bits per heavy atom. The van der Waals surface area contributed by atoms with Crippen LogP contribution in [0, 0.1) is 11.8 Å². The van der Waals surface area contributed by atoms with Gasteiger partial charge in [0.2, 0.25) is 11.4 Å². The second-order valence-electron chi connectivity index (χ2n) is 9.40. The lowest BCUT2D eigenvalue weighted by Gasteiger charge is -2.47. The number of carbonyl (C=O) groups excluding carboxylic acids is 5. The van der Waals surface area contributed by atoms with Gasteiger partial charge < -0.3 is 30.3 Å². The van der Waals surface area contributed by atoms with E-state index in [1.165, 1.54) is 6.07 Å². The van der Waals surface area contributed by atoms with Gasteiger partial charge in [0.15, 0.2) is 11.5 Å². The number of nitrogens with two attached hydrogens (primary N) is 1. The number of hydrogen-bond acceptors (Lipinski definition) is 10. The number of phenols is 1. The number of ketones is 2. The number of primary amides is 1. The standard InChI is InChI=1S/C25H26N2O9/c1-10(28)35-17-9-13-7-12-8-14-15(27(3)4)5-6-16(30)19(14)21(31)18(12)22(32)25(13,36-11(2)29)23(33)20(17)24(26)34/h5-6,12-13,30,32H,7-9H2,1-4H3,(H2,26,34)/t12-,13+,25+/m1/s1. The molecule has 1 amide bonds. The van der Waals surface area contributed by atoms with E-state index in [4.69, 9.17) is 15.2 Å². The van der Waals surface area contributed by atoms with Crippen molar-refractivity contribution in [2.45, 2.75) is 38.7 Å². The van der Waals surface area contributed by atoms with Crippen LogP contribution >= 0.6 is 0 Å². The number of aromatic hydroxyl groups is 1. The Kier molecular flexibility index (Phi) is 5.90. The van der Waals surface area contributed by atoms with Crippen LogP contribution in [0.4, 0.5) is 5.69 Å². The number of nitrogens with zero attached hydrogens (tertiary/aromatic N) is 1. The van der Waals surface area contributed by atoms with Crippen molar-refractivity contribution in [2.24, 2.45) is 17.6 Å². The zero-order valence-electron chi connectivity index (χ0n) is 20.2. The van der Waals surface area contributed by atoms with Gasteiger partial charge in [-0.3, -0.25) is 24.0 Å². The van der Waals surface area contributed by atoms with E-state index in [1.807, 2.05) is 0 Å². The molecule has 1 aromatic carbocycles. The second kappa shape index (κ2) is 8.51. The Bertz CT molecular complexity index is 1310. The molecule has 4 N–H and O–H groups in total. The number of carbonyl (C=O) groups is 5. The number of phenolic OH excluding ortho intramolecular Hbond substituents is 1. The number of esters is 2. The van der Waals surface area contributed by atoms with E-state index in [0.717, 1.165) is 13.8 Å². The van der Waals surface area contributed by atoms with Gasteiger partial charge in [0.25, 0.3) is 5.91 Å². The summed E-state index contributed by atoms with van der Waals surface area (Å²) in [4.78, 5) is 65.2. The summed E-state index contributed by atoms with van der Waals surface area (Å²) in [6.45, 7) is 2.11. The minimum absolute atomic E-state index is 0.0232. The monoisotopic (exact) mass is 498 g/mol. The summed E-state index contributed by atoms with van der Waals surface area (Å²) in [6.07, 6.45) is 0.0772. The summed E-state index contributed by atoms with van der Waals surface area (Å²) < 4.78 is 10.5. The van der Waals surface area contributed by atoms with E-state index in [2.05, 4.69) is 0 Å². The molecule has 0 saturated heterocycles. The van der Waals surface area contributed by atoms with Crippen LogP contribution in [0.25, 0.3) is 0 Å². The number of aliphatic hydroxyl groups is 1. The number of Topliss-reactive ketones (excluding diaryl/α,β-unsaturated/α-hetero) is 2. The maximum Gasteiger partial charge on any atom is 0.307 e. The van der Waals surface area contributed by atoms with Gasteiger partial charge in [0.05, 0.1) is 5.56 Å². The highest BCUT2D eigenvalue weighted by molar-refractivity contribution is 6.25. The minimum atomic E-state index is -2.41. The lowest BCUT2D eigenvalue weighted by atomic mass is 9.60. The van der Waals surface area contributed by atoms with Gasteiger partial charge >= 0.3 is 11.9 Å². The van der Waals surface area contributed by atoms with Crippen LogP contribution < -0.4 is 10.6 Å². The van der Waals surface area contributed by atoms with Crippen LogP contribution in [0.15, 0.2) is 34.8 Å². The maximum absolute atomic E-state index is 13.7. The molecule has 4 rings (SSSR count). The van der Waals surface area contributed by atoms with Crippen LogP contribution in [-0.2, 0) is 35.1 Å². The third-order valence-corrected chi connectivity index (χ3v) is 6.92. The first kappa shape index (κ1) is 25.0. The molecule has 0 spiro atoms. The van der Waals surface area contributed by atoms with Crippen LogP contribution in [0.1, 0.15) is 42.6 Å². The fourth-order valence-corrected chi connectivity index (χ4v) is 5.66. The van der Waals surface area contributed by atoms with Gasteiger partial charge in [0.1, 0.15) is 17.1 Å². The number of fused-ring (bicyclic) bond motifs is 3. The molecule has 11 nitrogen and oxygen atoms in total. The zero-order chi connectivity index (χ0) is 26.7. The lowest BCUT2D eigenvalue weighted by Crippen LogP contribution is -2.59. The van der Waals surface area contributed by atoms with E-state index in [0.29, 0.717) is 11.3 Å². The number of allylic oxidation sites excluding steroid dienone is 2. The van der Waals surface area contributed by atoms with Gasteiger partial charge in [-0.05, 0) is 36.5 Å². The third kappa shape index (κ3) is 3.53. The summed E-state index contributed by atoms with van der Waals surface area (Å²) in [5, 5.41) is 22.0. The van der Waals surface area contributed by atoms with E-state index in [9.17, 15) is 34.2 Å². The Hall–Kier alpha value is -4.15. The number of amides is 1. The molecule has 0 unspecified atom stereocenters. The van der Waals surface area contributed by atoms with Gasteiger partial charge in [-0.15, -0.1) is 0 Å². The van der Waals surface area contributed by atoms with Crippen LogP contribution in [0.3, 0.4) is 0 Å². The molecule has 190 valence electrons. The van der Waals surface area contributed by atoms with Crippen molar-refractivity contribution < 1.29 is 43.7 Å². The van der Waals surface area contributed by atoms with Crippen LogP contribution in [-0.4, -0.2) is 59.3 Å². The first-order valence-electron chi connectivity index (χ1n) is 11.3. The van der Waals surface area contributed by atoms with Crippen molar-refractivity contribution in [1.29, 1.82) is 0 Å². The predicted molar refractivity (Wildman–Crippen MR) is 124 cm³/mol. The molecular formula is C25H26N2O9. The average Bonchev–Trinajstić information content (AvgIpc) is 2.74. The molecule has 3 aliphatic carbocycles. The Balaban J connectivity index is 1.98. The van der Waals surface area contributed by atoms with Gasteiger partial charge in [-0.1, -0.05) is 0 Å². The minimum Gasteiger partial charge on any atom is -0.507 e. The Morgan fingerprint density at radius 1 is 1.08 bits per heavy atom. The number of rotatable bonds is 4. The van der Waals surface area contributed by atoms with Gasteiger partial charge in [0, 0.05) is 51.5 Å². The van der Waals surface area contributed by atoms with Crippen molar-refractivity contribution in [3.05, 3.63) is 45.9 Å². The topological polar surface area (TPSA) is 174 Å². The normalized spacial score (nSPS) is 25.0. The molecule has 0 fully saturated rings. The van der Waals surface area contributed by atoms with E-state index < -0.39 is 58.2 Å². The highest BCUT2D eigenvalue weighted by Crippen LogP contribution is 2.54. The molecule has 0 aliphatic heterocycles. The molecule has 3 aliphatic rings. The van der Waals surface area contributed by atoms with Crippen molar-refractivity contribution in [3.8, 4) is 5.75 Å². The van der Waals surface area contributed by atoms with Crippen LogP contribution in [0.2, 0.25) is 0 Å². The third-order valence-electron chi connectivity index (χ3n) is 6.92. The second-order valence-corrected chi connectivity index (χ2v) is 9.40. The first-order chi connectivity index (χ1) is 16.8. The summed E-state index contributed by atoms with van der Waals surface area (Å²) in [5.41, 5.74) is 3.34. The zero-order valence-corrected chi connectivity index (χ0v) is 20.2. The molecule has 11 heteroatoms. The summed E-state index contributed by atoms with van der Waals surface area (Å²) in [6, 6.07) is 3.04. The molecule has 36 heavy (non-hydrogen) atoms. The summed E-state index contributed by atoms with van der Waals surface area (Å²) >= 11 is 0. The number of aliphatic hydroxyl groups excluding tert-OH is 1. The average molecular weight is 498 g/mol. The molecule has 0 aromatic heterocycles. The molecule has 0 saturated carbocycles. The van der Waals surface area contributed by atoms with Crippen molar-refractivity contribution in [3.63, 3.8) is 0 Å². The van der Waals surface area contributed by atoms with Crippen LogP contribution in [0.5, 0.6) is 5.75 Å². The first-order valence-corrected chi connectivity index (χ1v) is 11.3. The van der Waals surface area contributed by atoms with Crippen molar-refractivity contribution in [1.82, 2.24) is 0 Å². The highest BCUT2D eigenvalue weighted by atomic mass is 16.6. The Morgan fingerprint density at radius 2 is 1.75 bits per heavy atom. The molecule has 1 aromatic rings. The van der Waals surface area contributed by atoms with E-state index >= 15 is 0 Å². The Labute approximate surface area is 206 Å². The molecular weight excluding hydrogens is 472 g/mol. The lowest BCUT2D eigenvalue weighted by molar-refractivity contribution is -0.174. The van der Waals surface area contributed by atoms with Crippen molar-refractivity contribution in [2.75, 3.05) is 19.0 Å². The fraction of sp³-hybridized carbons (Fsp3) is 0.400. The van der Waals surface area contributed by atoms with Crippen molar-refractivity contribution >= 4 is 35.1 Å². The number of hydrogen-bond donors (Lipinski definition) is 3. The highest BCUT2D eigenvalue weighted by Gasteiger charge is 2.63. The number of ether oxygens (including phenoxy) is 2. The molecule has 0 heterocycles. The molecule has 0 bridgehead atoms. The molecule has 3 atom stereocenters.